The minimum absolute atomic E-state index is 0.0334. The van der Waals surface area contributed by atoms with E-state index in [0.717, 1.165) is 18.9 Å². The lowest BCUT2D eigenvalue weighted by Crippen LogP contribution is -2.36. The molecule has 1 aromatic rings. The fraction of sp³-hybridized carbons (Fsp3) is 0.462. The lowest BCUT2D eigenvalue weighted by atomic mass is 10.2. The van der Waals surface area contributed by atoms with Crippen LogP contribution in [0.4, 0.5) is 4.39 Å². The molecule has 21 heavy (non-hydrogen) atoms. The van der Waals surface area contributed by atoms with Crippen LogP contribution in [-0.4, -0.2) is 36.4 Å². The Morgan fingerprint density at radius 3 is 2.76 bits per heavy atom. The van der Waals surface area contributed by atoms with Crippen molar-refractivity contribution >= 4 is 15.9 Å². The van der Waals surface area contributed by atoms with Gasteiger partial charge in [0, 0.05) is 19.0 Å². The number of hydrogen-bond donors (Lipinski definition) is 2. The Labute approximate surface area is 123 Å². The van der Waals surface area contributed by atoms with Crippen molar-refractivity contribution in [2.75, 3.05) is 6.54 Å². The van der Waals surface area contributed by atoms with Gasteiger partial charge in [-0.2, -0.15) is 4.31 Å². The zero-order valence-electron chi connectivity index (χ0n) is 11.7. The zero-order chi connectivity index (χ0) is 15.6. The summed E-state index contributed by atoms with van der Waals surface area (Å²) in [5.41, 5.74) is 5.89. The maximum atomic E-state index is 13.4. The third-order valence-electron chi connectivity index (χ3n) is 3.41. The van der Waals surface area contributed by atoms with E-state index < -0.39 is 15.8 Å². The summed E-state index contributed by atoms with van der Waals surface area (Å²) in [5, 5.41) is 11.4. The van der Waals surface area contributed by atoms with E-state index in [4.69, 9.17) is 10.9 Å². The molecule has 0 unspecified atom stereocenters. The Hall–Kier alpha value is -1.67. The van der Waals surface area contributed by atoms with Crippen molar-refractivity contribution in [1.82, 2.24) is 4.31 Å². The Balaban J connectivity index is 2.31. The molecule has 2 rings (SSSR count). The second-order valence-electron chi connectivity index (χ2n) is 5.10. The molecule has 0 heterocycles. The topological polar surface area (TPSA) is 96.0 Å². The van der Waals surface area contributed by atoms with Crippen LogP contribution in [0.2, 0.25) is 0 Å². The number of oxime groups is 1. The zero-order valence-corrected chi connectivity index (χ0v) is 12.5. The molecule has 0 bridgehead atoms. The SMILES string of the molecule is Cc1ccc(F)cc1S(=O)(=O)N(CCC(N)=NO)C1CC1. The van der Waals surface area contributed by atoms with Gasteiger partial charge in [-0.15, -0.1) is 0 Å². The summed E-state index contributed by atoms with van der Waals surface area (Å²) in [6.07, 6.45) is 1.66. The van der Waals surface area contributed by atoms with Crippen molar-refractivity contribution in [1.29, 1.82) is 0 Å². The Morgan fingerprint density at radius 1 is 1.52 bits per heavy atom. The minimum atomic E-state index is -3.79. The van der Waals surface area contributed by atoms with Crippen molar-refractivity contribution in [3.05, 3.63) is 29.6 Å². The highest BCUT2D eigenvalue weighted by molar-refractivity contribution is 7.89. The maximum absolute atomic E-state index is 13.4. The average Bonchev–Trinajstić information content (AvgIpc) is 3.25. The number of hydrogen-bond acceptors (Lipinski definition) is 4. The van der Waals surface area contributed by atoms with E-state index in [0.29, 0.717) is 5.56 Å². The van der Waals surface area contributed by atoms with Crippen LogP contribution in [0.15, 0.2) is 28.3 Å². The van der Waals surface area contributed by atoms with E-state index in [-0.39, 0.29) is 29.7 Å². The summed E-state index contributed by atoms with van der Waals surface area (Å²) in [7, 11) is -3.79. The lowest BCUT2D eigenvalue weighted by Gasteiger charge is -2.22. The fourth-order valence-corrected chi connectivity index (χ4v) is 4.04. The van der Waals surface area contributed by atoms with E-state index in [2.05, 4.69) is 5.16 Å². The molecule has 1 aliphatic rings. The van der Waals surface area contributed by atoms with Gasteiger partial charge in [-0.1, -0.05) is 11.2 Å². The molecule has 0 amide bonds. The predicted molar refractivity (Wildman–Crippen MR) is 76.1 cm³/mol. The van der Waals surface area contributed by atoms with Gasteiger partial charge in [0.1, 0.15) is 11.7 Å². The van der Waals surface area contributed by atoms with E-state index in [1.807, 2.05) is 0 Å². The van der Waals surface area contributed by atoms with E-state index >= 15 is 0 Å². The molecule has 6 nitrogen and oxygen atoms in total. The Kier molecular flexibility index (Phi) is 4.48. The van der Waals surface area contributed by atoms with Crippen LogP contribution in [0.3, 0.4) is 0 Å². The first-order chi connectivity index (χ1) is 9.86. The van der Waals surface area contributed by atoms with Crippen molar-refractivity contribution in [2.24, 2.45) is 10.9 Å². The van der Waals surface area contributed by atoms with E-state index in [9.17, 15) is 12.8 Å². The molecular weight excluding hydrogens is 297 g/mol. The van der Waals surface area contributed by atoms with Gasteiger partial charge in [0.15, 0.2) is 0 Å². The molecule has 1 aromatic carbocycles. The highest BCUT2D eigenvalue weighted by Crippen LogP contribution is 2.33. The summed E-state index contributed by atoms with van der Waals surface area (Å²) >= 11 is 0. The molecular formula is C13H18FN3O3S. The highest BCUT2D eigenvalue weighted by Gasteiger charge is 2.38. The van der Waals surface area contributed by atoms with Gasteiger partial charge in [0.25, 0.3) is 0 Å². The molecule has 0 saturated heterocycles. The number of halogens is 1. The molecule has 0 aromatic heterocycles. The van der Waals surface area contributed by atoms with Crippen LogP contribution < -0.4 is 5.73 Å². The van der Waals surface area contributed by atoms with Crippen LogP contribution in [-0.2, 0) is 10.0 Å². The van der Waals surface area contributed by atoms with Crippen LogP contribution in [0.1, 0.15) is 24.8 Å². The summed E-state index contributed by atoms with van der Waals surface area (Å²) in [5.74, 6) is -0.627. The van der Waals surface area contributed by atoms with Crippen LogP contribution in [0.25, 0.3) is 0 Å². The molecule has 1 aliphatic carbocycles. The number of rotatable bonds is 6. The van der Waals surface area contributed by atoms with Crippen molar-refractivity contribution < 1.29 is 18.0 Å². The third-order valence-corrected chi connectivity index (χ3v) is 5.50. The number of nitrogens with two attached hydrogens (primary N) is 1. The van der Waals surface area contributed by atoms with Gasteiger partial charge in [0.2, 0.25) is 10.0 Å². The van der Waals surface area contributed by atoms with Gasteiger partial charge in [-0.3, -0.25) is 0 Å². The second kappa shape index (κ2) is 5.98. The normalized spacial score (nSPS) is 16.4. The molecule has 116 valence electrons. The Bertz CT molecular complexity index is 657. The van der Waals surface area contributed by atoms with Gasteiger partial charge in [-0.05, 0) is 37.5 Å². The smallest absolute Gasteiger partial charge is 0.243 e. The van der Waals surface area contributed by atoms with Gasteiger partial charge in [-0.25, -0.2) is 12.8 Å². The standard InChI is InChI=1S/C13H18FN3O3S/c1-9-2-3-10(14)8-12(9)21(19,20)17(11-4-5-11)7-6-13(15)16-18/h2-3,8,11,18H,4-7H2,1H3,(H2,15,16). The molecule has 1 saturated carbocycles. The highest BCUT2D eigenvalue weighted by atomic mass is 32.2. The van der Waals surface area contributed by atoms with Crippen LogP contribution in [0.5, 0.6) is 0 Å². The molecule has 3 N–H and O–H groups in total. The predicted octanol–water partition coefficient (Wildman–Crippen LogP) is 1.42. The van der Waals surface area contributed by atoms with Crippen molar-refractivity contribution in [3.8, 4) is 0 Å². The first kappa shape index (κ1) is 15.7. The number of nitrogens with zero attached hydrogens (tertiary/aromatic N) is 2. The van der Waals surface area contributed by atoms with Crippen LogP contribution in [0, 0.1) is 12.7 Å². The van der Waals surface area contributed by atoms with Gasteiger partial charge >= 0.3 is 0 Å². The van der Waals surface area contributed by atoms with Gasteiger partial charge in [0.05, 0.1) is 4.90 Å². The maximum Gasteiger partial charge on any atom is 0.243 e. The first-order valence-electron chi connectivity index (χ1n) is 6.60. The molecule has 1 fully saturated rings. The molecule has 0 atom stereocenters. The van der Waals surface area contributed by atoms with Crippen LogP contribution >= 0.6 is 0 Å². The van der Waals surface area contributed by atoms with Crippen molar-refractivity contribution in [3.63, 3.8) is 0 Å². The monoisotopic (exact) mass is 315 g/mol. The number of benzene rings is 1. The fourth-order valence-electron chi connectivity index (χ4n) is 2.11. The number of aryl methyl sites for hydroxylation is 1. The molecule has 0 radical (unpaired) electrons. The first-order valence-corrected chi connectivity index (χ1v) is 8.04. The largest absolute Gasteiger partial charge is 0.409 e. The van der Waals surface area contributed by atoms with E-state index in [1.165, 1.54) is 16.4 Å². The molecule has 0 spiro atoms. The minimum Gasteiger partial charge on any atom is -0.409 e. The number of amidine groups is 1. The number of sulfonamides is 1. The molecule has 0 aliphatic heterocycles. The second-order valence-corrected chi connectivity index (χ2v) is 6.96. The summed E-state index contributed by atoms with van der Waals surface area (Å²) in [6.45, 7) is 1.74. The Morgan fingerprint density at radius 2 is 2.19 bits per heavy atom. The average molecular weight is 315 g/mol. The third kappa shape index (κ3) is 3.51. The summed E-state index contributed by atoms with van der Waals surface area (Å²) in [4.78, 5) is -0.0334. The molecule has 8 heteroatoms. The quantitative estimate of drug-likeness (QED) is 0.359. The summed E-state index contributed by atoms with van der Waals surface area (Å²) in [6, 6.07) is 3.61. The lowest BCUT2D eigenvalue weighted by molar-refractivity contribution is 0.315. The summed E-state index contributed by atoms with van der Waals surface area (Å²) < 4.78 is 40.1. The van der Waals surface area contributed by atoms with Gasteiger partial charge < -0.3 is 10.9 Å². The van der Waals surface area contributed by atoms with E-state index in [1.54, 1.807) is 6.92 Å². The van der Waals surface area contributed by atoms with Crippen molar-refractivity contribution in [2.45, 2.75) is 37.1 Å².